The van der Waals surface area contributed by atoms with Crippen LogP contribution in [0.3, 0.4) is 0 Å². The van der Waals surface area contributed by atoms with E-state index in [1.54, 1.807) is 38.1 Å². The number of carboxylic acid groups (broad SMARTS) is 1. The van der Waals surface area contributed by atoms with Gasteiger partial charge in [0.15, 0.2) is 12.2 Å². The highest BCUT2D eigenvalue weighted by Crippen LogP contribution is 2.21. The summed E-state index contributed by atoms with van der Waals surface area (Å²) in [5.41, 5.74) is 1.90. The Morgan fingerprint density at radius 1 is 0.857 bits per heavy atom. The minimum atomic E-state index is -0.992. The Balaban J connectivity index is 1.41. The van der Waals surface area contributed by atoms with Crippen molar-refractivity contribution in [1.82, 2.24) is 5.32 Å². The second-order valence-corrected chi connectivity index (χ2v) is 7.99. The standard InChI is InChI=1S/C28H31NO6/c1-3-33-26(28(31)32)19-22-11-15-24(16-12-22)34-20(2)27(30)29-18-17-21-9-13-25(14-10-21)35-23-7-5-4-6-8-23/h4-16,20,26H,3,17-19H2,1-2H3,(H,29,30)(H,31,32)/t20?,26-/m0/s1. The van der Waals surface area contributed by atoms with Crippen LogP contribution in [0.25, 0.3) is 0 Å². The van der Waals surface area contributed by atoms with E-state index in [0.717, 1.165) is 22.6 Å². The van der Waals surface area contributed by atoms with Gasteiger partial charge in [-0.2, -0.15) is 0 Å². The molecule has 7 nitrogen and oxygen atoms in total. The normalized spacial score (nSPS) is 12.4. The van der Waals surface area contributed by atoms with Crippen LogP contribution >= 0.6 is 0 Å². The molecule has 0 radical (unpaired) electrons. The maximum Gasteiger partial charge on any atom is 0.333 e. The minimum Gasteiger partial charge on any atom is -0.481 e. The lowest BCUT2D eigenvalue weighted by atomic mass is 10.1. The predicted molar refractivity (Wildman–Crippen MR) is 133 cm³/mol. The molecule has 0 spiro atoms. The van der Waals surface area contributed by atoms with Gasteiger partial charge in [0.2, 0.25) is 0 Å². The third-order valence-electron chi connectivity index (χ3n) is 5.28. The molecule has 0 saturated heterocycles. The molecule has 0 fully saturated rings. The Labute approximate surface area is 205 Å². The van der Waals surface area contributed by atoms with E-state index in [-0.39, 0.29) is 12.3 Å². The van der Waals surface area contributed by atoms with E-state index in [4.69, 9.17) is 14.2 Å². The molecule has 3 aromatic rings. The first kappa shape index (κ1) is 25.8. The van der Waals surface area contributed by atoms with Crippen LogP contribution in [0.4, 0.5) is 0 Å². The fraction of sp³-hybridized carbons (Fsp3) is 0.286. The van der Waals surface area contributed by atoms with Crippen LogP contribution < -0.4 is 14.8 Å². The maximum absolute atomic E-state index is 12.4. The van der Waals surface area contributed by atoms with Crippen molar-refractivity contribution in [3.05, 3.63) is 90.0 Å². The summed E-state index contributed by atoms with van der Waals surface area (Å²) in [5.74, 6) is 0.877. The topological polar surface area (TPSA) is 94.1 Å². The molecule has 0 saturated carbocycles. The highest BCUT2D eigenvalue weighted by atomic mass is 16.5. The number of carboxylic acids is 1. The summed E-state index contributed by atoms with van der Waals surface area (Å²) >= 11 is 0. The number of carbonyl (C=O) groups is 2. The van der Waals surface area contributed by atoms with Crippen LogP contribution in [0.1, 0.15) is 25.0 Å². The zero-order chi connectivity index (χ0) is 25.0. The molecular formula is C28H31NO6. The van der Waals surface area contributed by atoms with Crippen molar-refractivity contribution in [2.45, 2.75) is 38.9 Å². The highest BCUT2D eigenvalue weighted by Gasteiger charge is 2.18. The van der Waals surface area contributed by atoms with Crippen LogP contribution in [-0.4, -0.2) is 42.3 Å². The zero-order valence-corrected chi connectivity index (χ0v) is 20.0. The molecule has 184 valence electrons. The Morgan fingerprint density at radius 3 is 2.09 bits per heavy atom. The number of rotatable bonds is 13. The molecule has 2 atom stereocenters. The van der Waals surface area contributed by atoms with Gasteiger partial charge in [-0.05, 0) is 67.8 Å². The second-order valence-electron chi connectivity index (χ2n) is 7.99. The van der Waals surface area contributed by atoms with Crippen LogP contribution in [0.2, 0.25) is 0 Å². The molecule has 0 aliphatic rings. The number of aliphatic carboxylic acids is 1. The number of hydrogen-bond donors (Lipinski definition) is 2. The number of para-hydroxylation sites is 1. The van der Waals surface area contributed by atoms with Gasteiger partial charge in [-0.1, -0.05) is 42.5 Å². The van der Waals surface area contributed by atoms with Crippen molar-refractivity contribution in [3.63, 3.8) is 0 Å². The number of benzene rings is 3. The third kappa shape index (κ3) is 8.46. The van der Waals surface area contributed by atoms with Gasteiger partial charge in [-0.3, -0.25) is 4.79 Å². The number of nitrogens with one attached hydrogen (secondary N) is 1. The lowest BCUT2D eigenvalue weighted by molar-refractivity contribution is -0.150. The van der Waals surface area contributed by atoms with E-state index in [9.17, 15) is 14.7 Å². The Bertz CT molecular complexity index is 1070. The zero-order valence-electron chi connectivity index (χ0n) is 20.0. The first-order chi connectivity index (χ1) is 16.9. The Morgan fingerprint density at radius 2 is 1.46 bits per heavy atom. The number of amides is 1. The van der Waals surface area contributed by atoms with Crippen molar-refractivity contribution >= 4 is 11.9 Å². The third-order valence-corrected chi connectivity index (χ3v) is 5.28. The molecule has 0 aliphatic heterocycles. The largest absolute Gasteiger partial charge is 0.481 e. The van der Waals surface area contributed by atoms with Gasteiger partial charge in [0.25, 0.3) is 5.91 Å². The van der Waals surface area contributed by atoms with Crippen LogP contribution in [0.15, 0.2) is 78.9 Å². The van der Waals surface area contributed by atoms with E-state index >= 15 is 0 Å². The lowest BCUT2D eigenvalue weighted by Crippen LogP contribution is -2.37. The number of carbonyl (C=O) groups excluding carboxylic acids is 1. The molecule has 0 aliphatic carbocycles. The number of ether oxygens (including phenoxy) is 3. The summed E-state index contributed by atoms with van der Waals surface area (Å²) < 4.78 is 16.8. The van der Waals surface area contributed by atoms with E-state index in [1.807, 2.05) is 54.6 Å². The molecule has 3 rings (SSSR count). The van der Waals surface area contributed by atoms with E-state index in [2.05, 4.69) is 5.32 Å². The molecule has 1 unspecified atom stereocenters. The maximum atomic E-state index is 12.4. The minimum absolute atomic E-state index is 0.208. The number of hydrogen-bond acceptors (Lipinski definition) is 5. The smallest absolute Gasteiger partial charge is 0.333 e. The van der Waals surface area contributed by atoms with Gasteiger partial charge < -0.3 is 24.6 Å². The molecule has 7 heteroatoms. The molecule has 0 bridgehead atoms. The van der Waals surface area contributed by atoms with Gasteiger partial charge >= 0.3 is 5.97 Å². The van der Waals surface area contributed by atoms with Crippen molar-refractivity contribution in [3.8, 4) is 17.2 Å². The molecule has 0 aromatic heterocycles. The van der Waals surface area contributed by atoms with E-state index in [0.29, 0.717) is 25.3 Å². The SMILES string of the molecule is CCO[C@@H](Cc1ccc(OC(C)C(=O)NCCc2ccc(Oc3ccccc3)cc2)cc1)C(=O)O. The molecule has 0 heterocycles. The summed E-state index contributed by atoms with van der Waals surface area (Å²) in [4.78, 5) is 23.7. The van der Waals surface area contributed by atoms with Crippen molar-refractivity contribution in [2.24, 2.45) is 0 Å². The summed E-state index contributed by atoms with van der Waals surface area (Å²) in [6, 6.07) is 24.4. The van der Waals surface area contributed by atoms with Crippen molar-refractivity contribution in [1.29, 1.82) is 0 Å². The van der Waals surface area contributed by atoms with Crippen LogP contribution in [0.5, 0.6) is 17.2 Å². The van der Waals surface area contributed by atoms with Crippen molar-refractivity contribution in [2.75, 3.05) is 13.2 Å². The quantitative estimate of drug-likeness (QED) is 0.373. The van der Waals surface area contributed by atoms with Gasteiger partial charge in [0.05, 0.1) is 0 Å². The average Bonchev–Trinajstić information content (AvgIpc) is 2.86. The molecule has 3 aromatic carbocycles. The molecule has 2 N–H and O–H groups in total. The monoisotopic (exact) mass is 477 g/mol. The molecule has 1 amide bonds. The average molecular weight is 478 g/mol. The summed E-state index contributed by atoms with van der Waals surface area (Å²) in [6.07, 6.45) is -0.607. The van der Waals surface area contributed by atoms with E-state index < -0.39 is 18.2 Å². The van der Waals surface area contributed by atoms with Gasteiger partial charge in [0.1, 0.15) is 17.2 Å². The molecular weight excluding hydrogens is 446 g/mol. The second kappa shape index (κ2) is 13.2. The van der Waals surface area contributed by atoms with Crippen molar-refractivity contribution < 1.29 is 28.9 Å². The van der Waals surface area contributed by atoms with Gasteiger partial charge in [-0.25, -0.2) is 4.79 Å². The Hall–Kier alpha value is -3.84. The molecule has 35 heavy (non-hydrogen) atoms. The first-order valence-electron chi connectivity index (χ1n) is 11.6. The summed E-state index contributed by atoms with van der Waals surface area (Å²) in [5, 5.41) is 12.1. The van der Waals surface area contributed by atoms with Crippen LogP contribution in [0, 0.1) is 0 Å². The van der Waals surface area contributed by atoms with Gasteiger partial charge in [0, 0.05) is 19.6 Å². The van der Waals surface area contributed by atoms with E-state index in [1.165, 1.54) is 0 Å². The van der Waals surface area contributed by atoms with Crippen LogP contribution in [-0.2, 0) is 27.2 Å². The fourth-order valence-corrected chi connectivity index (χ4v) is 3.42. The predicted octanol–water partition coefficient (Wildman–Crippen LogP) is 4.64. The Kier molecular flexibility index (Phi) is 9.69. The first-order valence-corrected chi connectivity index (χ1v) is 11.6. The fourth-order valence-electron chi connectivity index (χ4n) is 3.42. The summed E-state index contributed by atoms with van der Waals surface area (Å²) in [7, 11) is 0. The lowest BCUT2D eigenvalue weighted by Gasteiger charge is -2.16. The highest BCUT2D eigenvalue weighted by molar-refractivity contribution is 5.80. The van der Waals surface area contributed by atoms with Gasteiger partial charge in [-0.15, -0.1) is 0 Å². The summed E-state index contributed by atoms with van der Waals surface area (Å²) in [6.45, 7) is 4.27.